The molecule has 1 fully saturated rings. The van der Waals surface area contributed by atoms with Gasteiger partial charge in [-0.2, -0.15) is 0 Å². The molecule has 3 rings (SSSR count). The minimum atomic E-state index is -3.69. The van der Waals surface area contributed by atoms with Gasteiger partial charge in [-0.25, -0.2) is 13.4 Å². The number of thiazole rings is 1. The van der Waals surface area contributed by atoms with E-state index in [1.54, 1.807) is 17.5 Å². The molecule has 2 aromatic rings. The lowest BCUT2D eigenvalue weighted by Crippen LogP contribution is -2.49. The Bertz CT molecular complexity index is 797. The van der Waals surface area contributed by atoms with Crippen molar-refractivity contribution in [2.24, 2.45) is 5.41 Å². The average Bonchev–Trinajstić information content (AvgIpc) is 2.97. The van der Waals surface area contributed by atoms with Crippen LogP contribution in [0.3, 0.4) is 0 Å². The molecule has 122 valence electrons. The molecule has 1 aromatic carbocycles. The molecule has 0 saturated carbocycles. The van der Waals surface area contributed by atoms with Gasteiger partial charge in [-0.15, -0.1) is 11.3 Å². The van der Waals surface area contributed by atoms with Gasteiger partial charge in [-0.05, 0) is 31.2 Å². The smallest absolute Gasteiger partial charge is 0.263 e. The molecular formula is C14H15N3O4S2. The van der Waals surface area contributed by atoms with E-state index in [2.05, 4.69) is 15.0 Å². The van der Waals surface area contributed by atoms with Crippen molar-refractivity contribution in [1.82, 2.24) is 4.98 Å². The Morgan fingerprint density at radius 3 is 2.52 bits per heavy atom. The first kappa shape index (κ1) is 15.9. The van der Waals surface area contributed by atoms with E-state index in [4.69, 9.17) is 4.74 Å². The molecule has 9 heteroatoms. The lowest BCUT2D eigenvalue weighted by Gasteiger charge is -2.36. The predicted octanol–water partition coefficient (Wildman–Crippen LogP) is 1.92. The van der Waals surface area contributed by atoms with Gasteiger partial charge in [-0.1, -0.05) is 0 Å². The summed E-state index contributed by atoms with van der Waals surface area (Å²) in [5.41, 5.74) is 0.0215. The van der Waals surface area contributed by atoms with Crippen LogP contribution < -0.4 is 10.0 Å². The van der Waals surface area contributed by atoms with Crippen molar-refractivity contribution in [3.63, 3.8) is 0 Å². The third-order valence-corrected chi connectivity index (χ3v) is 5.64. The van der Waals surface area contributed by atoms with Gasteiger partial charge >= 0.3 is 0 Å². The van der Waals surface area contributed by atoms with E-state index in [-0.39, 0.29) is 10.8 Å². The lowest BCUT2D eigenvalue weighted by atomic mass is 9.87. The summed E-state index contributed by atoms with van der Waals surface area (Å²) in [6.07, 6.45) is 1.52. The highest BCUT2D eigenvalue weighted by Crippen LogP contribution is 2.28. The number of sulfonamides is 1. The van der Waals surface area contributed by atoms with Gasteiger partial charge in [-0.3, -0.25) is 9.52 Å². The number of ether oxygens (including phenoxy) is 1. The van der Waals surface area contributed by atoms with Crippen molar-refractivity contribution in [3.05, 3.63) is 35.8 Å². The minimum absolute atomic E-state index is 0.101. The van der Waals surface area contributed by atoms with Gasteiger partial charge in [0.15, 0.2) is 5.13 Å². The maximum atomic E-state index is 12.2. The Morgan fingerprint density at radius 2 is 2.00 bits per heavy atom. The first-order chi connectivity index (χ1) is 10.9. The van der Waals surface area contributed by atoms with E-state index in [9.17, 15) is 13.2 Å². The summed E-state index contributed by atoms with van der Waals surface area (Å²) in [6.45, 7) is 2.61. The first-order valence-electron chi connectivity index (χ1n) is 6.81. The van der Waals surface area contributed by atoms with E-state index >= 15 is 0 Å². The Kier molecular flexibility index (Phi) is 4.09. The van der Waals surface area contributed by atoms with E-state index in [0.29, 0.717) is 24.0 Å². The second kappa shape index (κ2) is 5.91. The molecule has 0 atom stereocenters. The van der Waals surface area contributed by atoms with Crippen LogP contribution in [0.2, 0.25) is 0 Å². The Labute approximate surface area is 137 Å². The second-order valence-corrected chi connectivity index (χ2v) is 8.05. The molecule has 0 radical (unpaired) electrons. The summed E-state index contributed by atoms with van der Waals surface area (Å²) in [6, 6.07) is 5.98. The highest BCUT2D eigenvalue weighted by atomic mass is 32.2. The first-order valence-corrected chi connectivity index (χ1v) is 9.17. The van der Waals surface area contributed by atoms with E-state index < -0.39 is 15.4 Å². The number of rotatable bonds is 5. The van der Waals surface area contributed by atoms with Gasteiger partial charge < -0.3 is 10.1 Å². The largest absolute Gasteiger partial charge is 0.379 e. The zero-order valence-corrected chi connectivity index (χ0v) is 13.9. The van der Waals surface area contributed by atoms with Crippen LogP contribution in [-0.4, -0.2) is 32.5 Å². The Morgan fingerprint density at radius 1 is 1.30 bits per heavy atom. The Balaban J connectivity index is 1.70. The summed E-state index contributed by atoms with van der Waals surface area (Å²) >= 11 is 1.20. The molecule has 1 aromatic heterocycles. The van der Waals surface area contributed by atoms with Crippen molar-refractivity contribution in [1.29, 1.82) is 0 Å². The SMILES string of the molecule is CC1(C(=O)Nc2ccc(S(=O)(=O)Nc3nccs3)cc2)COC1. The summed E-state index contributed by atoms with van der Waals surface area (Å²) in [5.74, 6) is -0.139. The maximum absolute atomic E-state index is 12.2. The fraction of sp³-hybridized carbons (Fsp3) is 0.286. The average molecular weight is 353 g/mol. The van der Waals surface area contributed by atoms with Crippen molar-refractivity contribution < 1.29 is 17.9 Å². The van der Waals surface area contributed by atoms with Gasteiger partial charge in [0.1, 0.15) is 0 Å². The number of carbonyl (C=O) groups excluding carboxylic acids is 1. The summed E-state index contributed by atoms with van der Waals surface area (Å²) in [7, 11) is -3.69. The van der Waals surface area contributed by atoms with E-state index in [1.807, 2.05) is 6.92 Å². The third kappa shape index (κ3) is 3.36. The number of benzene rings is 1. The maximum Gasteiger partial charge on any atom is 0.263 e. The summed E-state index contributed by atoms with van der Waals surface area (Å²) in [4.78, 5) is 16.1. The molecule has 2 heterocycles. The highest BCUT2D eigenvalue weighted by Gasteiger charge is 2.41. The number of carbonyl (C=O) groups is 1. The number of amides is 1. The number of hydrogen-bond donors (Lipinski definition) is 2. The fourth-order valence-corrected chi connectivity index (χ4v) is 3.78. The van der Waals surface area contributed by atoms with Gasteiger partial charge in [0.2, 0.25) is 5.91 Å². The zero-order chi connectivity index (χ0) is 16.5. The lowest BCUT2D eigenvalue weighted by molar-refractivity contribution is -0.151. The van der Waals surface area contributed by atoms with Crippen LogP contribution in [0, 0.1) is 5.41 Å². The van der Waals surface area contributed by atoms with Crippen LogP contribution in [0.25, 0.3) is 0 Å². The number of nitrogens with one attached hydrogen (secondary N) is 2. The van der Waals surface area contributed by atoms with E-state index in [0.717, 1.165) is 0 Å². The van der Waals surface area contributed by atoms with Crippen LogP contribution in [0.4, 0.5) is 10.8 Å². The molecule has 1 aliphatic heterocycles. The molecule has 1 aliphatic rings. The summed E-state index contributed by atoms with van der Waals surface area (Å²) in [5, 5.41) is 4.75. The topological polar surface area (TPSA) is 97.4 Å². The molecule has 1 saturated heterocycles. The highest BCUT2D eigenvalue weighted by molar-refractivity contribution is 7.93. The molecule has 0 bridgehead atoms. The minimum Gasteiger partial charge on any atom is -0.379 e. The van der Waals surface area contributed by atoms with Crippen molar-refractivity contribution in [2.45, 2.75) is 11.8 Å². The van der Waals surface area contributed by atoms with Gasteiger partial charge in [0, 0.05) is 17.3 Å². The van der Waals surface area contributed by atoms with Gasteiger partial charge in [0.05, 0.1) is 23.5 Å². The van der Waals surface area contributed by atoms with Crippen LogP contribution >= 0.6 is 11.3 Å². The van der Waals surface area contributed by atoms with Crippen LogP contribution in [0.15, 0.2) is 40.7 Å². The molecule has 0 unspecified atom stereocenters. The quantitative estimate of drug-likeness (QED) is 0.856. The monoisotopic (exact) mass is 353 g/mol. The number of hydrogen-bond acceptors (Lipinski definition) is 6. The van der Waals surface area contributed by atoms with Crippen molar-refractivity contribution in [3.8, 4) is 0 Å². The van der Waals surface area contributed by atoms with Crippen molar-refractivity contribution >= 4 is 38.1 Å². The predicted molar refractivity (Wildman–Crippen MR) is 86.9 cm³/mol. The number of aromatic nitrogens is 1. The molecule has 7 nitrogen and oxygen atoms in total. The van der Waals surface area contributed by atoms with Crippen LogP contribution in [0.5, 0.6) is 0 Å². The second-order valence-electron chi connectivity index (χ2n) is 5.47. The van der Waals surface area contributed by atoms with Crippen LogP contribution in [0.1, 0.15) is 6.92 Å². The molecule has 1 amide bonds. The number of nitrogens with zero attached hydrogens (tertiary/aromatic N) is 1. The third-order valence-electron chi connectivity index (χ3n) is 3.47. The molecule has 2 N–H and O–H groups in total. The zero-order valence-electron chi connectivity index (χ0n) is 12.3. The molecular weight excluding hydrogens is 338 g/mol. The summed E-state index contributed by atoms with van der Waals surface area (Å²) < 4.78 is 31.8. The van der Waals surface area contributed by atoms with Crippen molar-refractivity contribution in [2.75, 3.05) is 23.3 Å². The molecule has 0 aliphatic carbocycles. The van der Waals surface area contributed by atoms with Crippen LogP contribution in [-0.2, 0) is 19.6 Å². The fourth-order valence-electron chi connectivity index (χ4n) is 1.99. The Hall–Kier alpha value is -1.97. The molecule has 23 heavy (non-hydrogen) atoms. The standard InChI is InChI=1S/C14H15N3O4S2/c1-14(8-21-9-14)12(18)16-10-2-4-11(5-3-10)23(19,20)17-13-15-6-7-22-13/h2-7H,8-9H2,1H3,(H,15,17)(H,16,18). The normalized spacial score (nSPS) is 16.4. The van der Waals surface area contributed by atoms with E-state index in [1.165, 1.54) is 29.7 Å². The van der Waals surface area contributed by atoms with Gasteiger partial charge in [0.25, 0.3) is 10.0 Å². The number of anilines is 2. The molecule has 0 spiro atoms.